The number of para-hydroxylation sites is 1. The molecule has 0 atom stereocenters. The SMILES string of the molecule is O=C(CNc1cc(C(=O)c2ccc3c(Cl)c[nH]c3c2)nc2ccccc12)NCC1CCN(C2CCCC2)CC1. The molecule has 1 saturated carbocycles. The molecule has 2 fully saturated rings. The summed E-state index contributed by atoms with van der Waals surface area (Å²) in [4.78, 5) is 36.5. The number of benzene rings is 2. The molecule has 8 heteroatoms. The first kappa shape index (κ1) is 25.8. The Bertz CT molecular complexity index is 1500. The van der Waals surface area contributed by atoms with Gasteiger partial charge in [0.05, 0.1) is 17.1 Å². The van der Waals surface area contributed by atoms with Crippen molar-refractivity contribution in [3.8, 4) is 0 Å². The summed E-state index contributed by atoms with van der Waals surface area (Å²) in [6, 6.07) is 15.6. The molecule has 4 aromatic rings. The Balaban J connectivity index is 1.10. The fourth-order valence-electron chi connectivity index (χ4n) is 6.11. The molecule has 202 valence electrons. The average Bonchev–Trinajstić information content (AvgIpc) is 3.65. The van der Waals surface area contributed by atoms with Gasteiger partial charge in [-0.2, -0.15) is 0 Å². The first-order chi connectivity index (χ1) is 19.0. The molecule has 1 aliphatic carbocycles. The van der Waals surface area contributed by atoms with Gasteiger partial charge in [-0.1, -0.05) is 54.8 Å². The van der Waals surface area contributed by atoms with Crippen molar-refractivity contribution in [3.63, 3.8) is 0 Å². The van der Waals surface area contributed by atoms with Gasteiger partial charge >= 0.3 is 0 Å². The maximum absolute atomic E-state index is 13.4. The zero-order valence-electron chi connectivity index (χ0n) is 22.0. The number of likely N-dealkylation sites (tertiary alicyclic amines) is 1. The highest BCUT2D eigenvalue weighted by molar-refractivity contribution is 6.35. The number of pyridine rings is 1. The molecular formula is C31H34ClN5O2. The van der Waals surface area contributed by atoms with Crippen molar-refractivity contribution in [2.24, 2.45) is 5.92 Å². The largest absolute Gasteiger partial charge is 0.376 e. The van der Waals surface area contributed by atoms with Gasteiger partial charge in [0, 0.05) is 46.3 Å². The highest BCUT2D eigenvalue weighted by Crippen LogP contribution is 2.29. The lowest BCUT2D eigenvalue weighted by Gasteiger charge is -2.36. The van der Waals surface area contributed by atoms with Gasteiger partial charge in [-0.05, 0) is 62.9 Å². The van der Waals surface area contributed by atoms with E-state index in [4.69, 9.17) is 11.6 Å². The molecular weight excluding hydrogens is 510 g/mol. The van der Waals surface area contributed by atoms with Crippen LogP contribution in [-0.4, -0.2) is 58.8 Å². The van der Waals surface area contributed by atoms with E-state index in [0.29, 0.717) is 39.9 Å². The van der Waals surface area contributed by atoms with Crippen molar-refractivity contribution in [2.45, 2.75) is 44.6 Å². The van der Waals surface area contributed by atoms with Crippen LogP contribution in [0.3, 0.4) is 0 Å². The van der Waals surface area contributed by atoms with E-state index in [1.54, 1.807) is 24.4 Å². The van der Waals surface area contributed by atoms with E-state index in [2.05, 4.69) is 25.5 Å². The lowest BCUT2D eigenvalue weighted by Crippen LogP contribution is -2.43. The van der Waals surface area contributed by atoms with E-state index in [9.17, 15) is 9.59 Å². The molecule has 2 aromatic carbocycles. The molecule has 3 N–H and O–H groups in total. The molecule has 2 aromatic heterocycles. The van der Waals surface area contributed by atoms with Gasteiger partial charge in [-0.25, -0.2) is 4.98 Å². The van der Waals surface area contributed by atoms with Crippen molar-refractivity contribution in [3.05, 3.63) is 71.0 Å². The molecule has 1 saturated heterocycles. The van der Waals surface area contributed by atoms with Crippen LogP contribution in [0, 0.1) is 5.92 Å². The minimum Gasteiger partial charge on any atom is -0.376 e. The quantitative estimate of drug-likeness (QED) is 0.245. The van der Waals surface area contributed by atoms with Crippen LogP contribution in [-0.2, 0) is 4.79 Å². The number of carbonyl (C=O) groups is 2. The molecule has 0 spiro atoms. The maximum atomic E-state index is 13.4. The lowest BCUT2D eigenvalue weighted by molar-refractivity contribution is -0.119. The Morgan fingerprint density at radius 2 is 1.79 bits per heavy atom. The molecule has 0 radical (unpaired) electrons. The number of rotatable bonds is 8. The maximum Gasteiger partial charge on any atom is 0.239 e. The van der Waals surface area contributed by atoms with Gasteiger partial charge < -0.3 is 20.5 Å². The van der Waals surface area contributed by atoms with Gasteiger partial charge in [-0.3, -0.25) is 9.59 Å². The molecule has 0 unspecified atom stereocenters. The summed E-state index contributed by atoms with van der Waals surface area (Å²) >= 11 is 6.19. The zero-order valence-corrected chi connectivity index (χ0v) is 22.8. The number of aromatic amines is 1. The predicted molar refractivity (Wildman–Crippen MR) is 157 cm³/mol. The Kier molecular flexibility index (Phi) is 7.53. The van der Waals surface area contributed by atoms with E-state index < -0.39 is 0 Å². The van der Waals surface area contributed by atoms with E-state index in [0.717, 1.165) is 48.3 Å². The fraction of sp³-hybridized carbons (Fsp3) is 0.387. The van der Waals surface area contributed by atoms with Gasteiger partial charge in [0.1, 0.15) is 5.69 Å². The van der Waals surface area contributed by atoms with Crippen molar-refractivity contribution < 1.29 is 9.59 Å². The van der Waals surface area contributed by atoms with E-state index in [1.807, 2.05) is 30.3 Å². The van der Waals surface area contributed by atoms with Crippen LogP contribution in [0.1, 0.15) is 54.6 Å². The monoisotopic (exact) mass is 543 g/mol. The number of piperidine rings is 1. The number of nitrogens with one attached hydrogen (secondary N) is 3. The normalized spacial score (nSPS) is 17.2. The standard InChI is InChI=1S/C31H34ClN5O2/c32-25-18-33-27-15-21(9-10-23(25)27)31(39)29-16-28(24-7-3-4-8-26(24)36-29)34-19-30(38)35-17-20-11-13-37(14-12-20)22-5-1-2-6-22/h3-4,7-10,15-16,18,20,22,33H,1-2,5-6,11-14,17,19H2,(H,34,36)(H,35,38). The average molecular weight is 544 g/mol. The predicted octanol–water partition coefficient (Wildman–Crippen LogP) is 5.78. The van der Waals surface area contributed by atoms with Crippen LogP contribution in [0.25, 0.3) is 21.8 Å². The molecule has 2 aliphatic rings. The van der Waals surface area contributed by atoms with Crippen molar-refractivity contribution in [2.75, 3.05) is 31.5 Å². The minimum absolute atomic E-state index is 0.0453. The molecule has 1 aliphatic heterocycles. The molecule has 1 amide bonds. The summed E-state index contributed by atoms with van der Waals surface area (Å²) in [6.45, 7) is 3.14. The Labute approximate surface area is 233 Å². The van der Waals surface area contributed by atoms with Gasteiger partial charge in [0.25, 0.3) is 0 Å². The number of hydrogen-bond donors (Lipinski definition) is 3. The number of nitrogens with zero attached hydrogens (tertiary/aromatic N) is 2. The van der Waals surface area contributed by atoms with E-state index >= 15 is 0 Å². The Hall–Kier alpha value is -3.42. The van der Waals surface area contributed by atoms with Gasteiger partial charge in [-0.15, -0.1) is 0 Å². The second kappa shape index (κ2) is 11.4. The number of halogens is 1. The number of amides is 1. The topological polar surface area (TPSA) is 90.1 Å². The van der Waals surface area contributed by atoms with Crippen molar-refractivity contribution in [1.29, 1.82) is 0 Å². The van der Waals surface area contributed by atoms with Crippen LogP contribution in [0.15, 0.2) is 54.7 Å². The number of anilines is 1. The van der Waals surface area contributed by atoms with E-state index in [-0.39, 0.29) is 18.2 Å². The van der Waals surface area contributed by atoms with Gasteiger partial charge in [0.2, 0.25) is 11.7 Å². The van der Waals surface area contributed by atoms with Crippen LogP contribution >= 0.6 is 11.6 Å². The molecule has 7 nitrogen and oxygen atoms in total. The highest BCUT2D eigenvalue weighted by Gasteiger charge is 2.27. The number of hydrogen-bond acceptors (Lipinski definition) is 5. The fourth-order valence-corrected chi connectivity index (χ4v) is 6.33. The second-order valence-corrected chi connectivity index (χ2v) is 11.3. The minimum atomic E-state index is -0.190. The van der Waals surface area contributed by atoms with Crippen LogP contribution in [0.2, 0.25) is 5.02 Å². The summed E-state index contributed by atoms with van der Waals surface area (Å²) in [6.07, 6.45) is 9.43. The summed E-state index contributed by atoms with van der Waals surface area (Å²) in [5.74, 6) is 0.297. The number of carbonyl (C=O) groups excluding carboxylic acids is 2. The summed E-state index contributed by atoms with van der Waals surface area (Å²) in [5, 5.41) is 8.74. The van der Waals surface area contributed by atoms with E-state index in [1.165, 1.54) is 25.7 Å². The third kappa shape index (κ3) is 5.65. The van der Waals surface area contributed by atoms with Gasteiger partial charge in [0.15, 0.2) is 0 Å². The van der Waals surface area contributed by atoms with Crippen LogP contribution < -0.4 is 10.6 Å². The summed E-state index contributed by atoms with van der Waals surface area (Å²) < 4.78 is 0. The second-order valence-electron chi connectivity index (χ2n) is 10.9. The summed E-state index contributed by atoms with van der Waals surface area (Å²) in [7, 11) is 0. The first-order valence-corrected chi connectivity index (χ1v) is 14.4. The number of ketones is 1. The molecule has 3 heterocycles. The zero-order chi connectivity index (χ0) is 26.8. The van der Waals surface area contributed by atoms with Crippen LogP contribution in [0.4, 0.5) is 5.69 Å². The molecule has 6 rings (SSSR count). The number of fused-ring (bicyclic) bond motifs is 2. The number of aromatic nitrogens is 2. The smallest absolute Gasteiger partial charge is 0.239 e. The first-order valence-electron chi connectivity index (χ1n) is 14.0. The third-order valence-electron chi connectivity index (χ3n) is 8.36. The lowest BCUT2D eigenvalue weighted by atomic mass is 9.95. The molecule has 39 heavy (non-hydrogen) atoms. The van der Waals surface area contributed by atoms with Crippen LogP contribution in [0.5, 0.6) is 0 Å². The summed E-state index contributed by atoms with van der Waals surface area (Å²) in [5.41, 5.74) is 3.05. The Morgan fingerprint density at radius 3 is 2.62 bits per heavy atom. The van der Waals surface area contributed by atoms with Crippen molar-refractivity contribution in [1.82, 2.24) is 20.2 Å². The highest BCUT2D eigenvalue weighted by atomic mass is 35.5. The number of H-pyrrole nitrogens is 1. The third-order valence-corrected chi connectivity index (χ3v) is 8.67. The van der Waals surface area contributed by atoms with Crippen molar-refractivity contribution >= 4 is 50.8 Å². The Morgan fingerprint density at radius 1 is 1.00 bits per heavy atom. The molecule has 0 bridgehead atoms.